The summed E-state index contributed by atoms with van der Waals surface area (Å²) in [6.45, 7) is 6.73. The fourth-order valence-corrected chi connectivity index (χ4v) is 9.47. The number of allylic oxidation sites excluding steroid dienone is 23. The van der Waals surface area contributed by atoms with E-state index in [2.05, 4.69) is 160 Å². The number of hydrogen-bond donors (Lipinski definition) is 2. The lowest BCUT2D eigenvalue weighted by Gasteiger charge is -2.27. The number of rotatable bonds is 58. The van der Waals surface area contributed by atoms with Crippen molar-refractivity contribution < 1.29 is 37.3 Å². The topological polar surface area (TPSA) is 111 Å². The number of nitrogens with zero attached hydrogens (tertiary/aromatic N) is 1. The number of quaternary nitrogens is 1. The molecule has 3 atom stereocenters. The number of likely N-dealkylation sites (N-methyl/N-ethyl adjacent to an activating group) is 1. The van der Waals surface area contributed by atoms with Gasteiger partial charge >= 0.3 is 13.8 Å². The van der Waals surface area contributed by atoms with Crippen LogP contribution in [0.4, 0.5) is 0 Å². The first-order valence-electron chi connectivity index (χ1n) is 33.2. The molecule has 0 rings (SSSR count). The van der Waals surface area contributed by atoms with Crippen molar-refractivity contribution in [2.75, 3.05) is 40.9 Å². The minimum absolute atomic E-state index is 0.0235. The van der Waals surface area contributed by atoms with Gasteiger partial charge in [0.2, 0.25) is 5.91 Å². The molecule has 83 heavy (non-hydrogen) atoms. The number of amides is 1. The Morgan fingerprint density at radius 1 is 0.434 bits per heavy atom. The second-order valence-electron chi connectivity index (χ2n) is 22.9. The zero-order valence-electron chi connectivity index (χ0n) is 53.9. The molecular weight excluding hydrogens is 1050 g/mol. The van der Waals surface area contributed by atoms with E-state index in [1.807, 2.05) is 33.3 Å². The zero-order valence-corrected chi connectivity index (χ0v) is 54.8. The summed E-state index contributed by atoms with van der Waals surface area (Å²) in [7, 11) is 1.45. The lowest BCUT2D eigenvalue weighted by atomic mass is 10.0. The Labute approximate surface area is 510 Å². The van der Waals surface area contributed by atoms with E-state index in [1.165, 1.54) is 77.0 Å². The normalized spacial score (nSPS) is 14.5. The number of carbonyl (C=O) groups is 2. The van der Waals surface area contributed by atoms with Gasteiger partial charge in [0.25, 0.3) is 0 Å². The third kappa shape index (κ3) is 62.2. The van der Waals surface area contributed by atoms with Crippen LogP contribution in [0, 0.1) is 0 Å². The number of carbonyl (C=O) groups excluding carboxylic acids is 2. The lowest BCUT2D eigenvalue weighted by Crippen LogP contribution is -2.47. The summed E-state index contributed by atoms with van der Waals surface area (Å²) in [5, 5.41) is 3.04. The molecule has 10 heteroatoms. The largest absolute Gasteiger partial charge is 0.472 e. The standard InChI is InChI=1S/C73H123N2O7P/c1-7-10-13-16-19-22-25-27-29-31-33-35-36-37-38-40-41-43-45-47-50-53-56-59-62-65-72(76)74-70(69-81-83(78,79)80-68-67-75(4,5)6)71(64-61-58-55-52-49-24-21-18-15-12-9-3)82-73(77)66-63-60-57-54-51-48-46-44-42-39-34-32-30-28-26-23-20-17-14-11-8-2/h10-11,13-14,19-20,22-23,27-30,33-35,37-39,44,46,51,54,61,64,70-71H,7-9,12,15-18,21,24-26,31-32,36,40-43,45,47-50,52-53,55-60,62-63,65-69H2,1-6H3,(H-,74,76,78,79)/p+1/b13-10-,14-11-,22-19-,23-20-,29-27-,30-28-,35-33-,38-37-,39-34-,46-44-,54-51-,64-61-. The summed E-state index contributed by atoms with van der Waals surface area (Å²) in [4.78, 5) is 37.8. The van der Waals surface area contributed by atoms with Crippen LogP contribution in [-0.2, 0) is 27.9 Å². The average Bonchev–Trinajstić information content (AvgIpc) is 3.51. The van der Waals surface area contributed by atoms with Gasteiger partial charge in [0, 0.05) is 12.8 Å². The van der Waals surface area contributed by atoms with E-state index < -0.39 is 20.0 Å². The van der Waals surface area contributed by atoms with Crippen LogP contribution in [0.25, 0.3) is 0 Å². The van der Waals surface area contributed by atoms with Crippen LogP contribution in [0.3, 0.4) is 0 Å². The summed E-state index contributed by atoms with van der Waals surface area (Å²) in [6, 6.07) is -0.881. The third-order valence-electron chi connectivity index (χ3n) is 13.8. The number of nitrogens with one attached hydrogen (secondary N) is 1. The van der Waals surface area contributed by atoms with E-state index in [1.54, 1.807) is 0 Å². The Hall–Kier alpha value is -4.11. The highest BCUT2D eigenvalue weighted by Crippen LogP contribution is 2.43. The molecule has 0 fully saturated rings. The van der Waals surface area contributed by atoms with Crippen molar-refractivity contribution in [3.05, 3.63) is 146 Å². The molecule has 0 aliphatic heterocycles. The molecule has 0 spiro atoms. The highest BCUT2D eigenvalue weighted by Gasteiger charge is 2.30. The molecule has 0 aromatic carbocycles. The van der Waals surface area contributed by atoms with Crippen LogP contribution in [0.15, 0.2) is 146 Å². The molecule has 0 radical (unpaired) electrons. The van der Waals surface area contributed by atoms with Crippen LogP contribution in [0.2, 0.25) is 0 Å². The van der Waals surface area contributed by atoms with Crippen LogP contribution >= 0.6 is 7.82 Å². The number of ether oxygens (including phenoxy) is 1. The van der Waals surface area contributed by atoms with E-state index >= 15 is 0 Å². The van der Waals surface area contributed by atoms with E-state index in [0.717, 1.165) is 135 Å². The van der Waals surface area contributed by atoms with Crippen LogP contribution < -0.4 is 5.32 Å². The summed E-state index contributed by atoms with van der Waals surface area (Å²) in [5.41, 5.74) is 0. The van der Waals surface area contributed by atoms with E-state index in [4.69, 9.17) is 13.8 Å². The summed E-state index contributed by atoms with van der Waals surface area (Å²) in [5.74, 6) is -0.573. The maximum atomic E-state index is 13.6. The molecule has 0 saturated carbocycles. The molecule has 0 bridgehead atoms. The van der Waals surface area contributed by atoms with Gasteiger partial charge in [-0.05, 0) is 128 Å². The number of phosphoric acid groups is 1. The molecule has 0 saturated heterocycles. The molecule has 2 N–H and O–H groups in total. The predicted octanol–water partition coefficient (Wildman–Crippen LogP) is 21.0. The predicted molar refractivity (Wildman–Crippen MR) is 359 cm³/mol. The van der Waals surface area contributed by atoms with Crippen LogP contribution in [0.1, 0.15) is 252 Å². The van der Waals surface area contributed by atoms with Crippen molar-refractivity contribution in [1.29, 1.82) is 0 Å². The average molecular weight is 1170 g/mol. The second-order valence-corrected chi connectivity index (χ2v) is 24.3. The minimum atomic E-state index is -4.47. The molecule has 1 amide bonds. The SMILES string of the molecule is CC/C=C\C/C=C\C/C=C\C/C=C\C/C=C\C/C=C\CCCCC(=O)OC(/C=C\CCCCCCCCCCC)C(COP(=O)(O)OCC[N+](C)(C)C)NC(=O)CCCCCCCCCCC/C=C\C/C=C\C/C=C\C/C=C\C/C=C\CC. The fraction of sp³-hybridized carbons (Fsp3) is 0.644. The van der Waals surface area contributed by atoms with Crippen molar-refractivity contribution in [2.45, 2.75) is 264 Å². The molecule has 0 aromatic rings. The molecule has 0 aliphatic carbocycles. The first-order valence-corrected chi connectivity index (χ1v) is 34.7. The third-order valence-corrected chi connectivity index (χ3v) is 14.8. The van der Waals surface area contributed by atoms with Gasteiger partial charge in [-0.15, -0.1) is 0 Å². The summed E-state index contributed by atoms with van der Waals surface area (Å²) < 4.78 is 30.7. The van der Waals surface area contributed by atoms with Gasteiger partial charge < -0.3 is 19.4 Å². The number of hydrogen-bond acceptors (Lipinski definition) is 6. The zero-order chi connectivity index (χ0) is 60.7. The first kappa shape index (κ1) is 78.9. The molecule has 0 aromatic heterocycles. The molecule has 9 nitrogen and oxygen atoms in total. The van der Waals surface area contributed by atoms with Crippen molar-refractivity contribution in [1.82, 2.24) is 5.32 Å². The van der Waals surface area contributed by atoms with E-state index in [-0.39, 0.29) is 31.5 Å². The van der Waals surface area contributed by atoms with Gasteiger partial charge in [0.15, 0.2) is 0 Å². The van der Waals surface area contributed by atoms with Crippen molar-refractivity contribution >= 4 is 19.7 Å². The highest BCUT2D eigenvalue weighted by molar-refractivity contribution is 7.47. The van der Waals surface area contributed by atoms with Gasteiger partial charge in [-0.25, -0.2) is 4.57 Å². The van der Waals surface area contributed by atoms with Crippen molar-refractivity contribution in [3.8, 4) is 0 Å². The van der Waals surface area contributed by atoms with Gasteiger partial charge in [-0.2, -0.15) is 0 Å². The molecule has 3 unspecified atom stereocenters. The number of unbranched alkanes of at least 4 members (excludes halogenated alkanes) is 20. The Kier molecular flexibility index (Phi) is 58.0. The van der Waals surface area contributed by atoms with Crippen LogP contribution in [0.5, 0.6) is 0 Å². The second kappa shape index (κ2) is 61.0. The van der Waals surface area contributed by atoms with E-state index in [9.17, 15) is 19.0 Å². The van der Waals surface area contributed by atoms with Crippen LogP contribution in [-0.4, -0.2) is 74.3 Å². The Morgan fingerprint density at radius 2 is 0.771 bits per heavy atom. The molecule has 472 valence electrons. The summed E-state index contributed by atoms with van der Waals surface area (Å²) in [6.07, 6.45) is 88.6. The first-order chi connectivity index (χ1) is 40.4. The van der Waals surface area contributed by atoms with Gasteiger partial charge in [0.1, 0.15) is 19.3 Å². The van der Waals surface area contributed by atoms with E-state index in [0.29, 0.717) is 23.9 Å². The minimum Gasteiger partial charge on any atom is -0.456 e. The van der Waals surface area contributed by atoms with Crippen molar-refractivity contribution in [3.63, 3.8) is 0 Å². The fourth-order valence-electron chi connectivity index (χ4n) is 8.73. The van der Waals surface area contributed by atoms with Gasteiger partial charge in [-0.3, -0.25) is 18.6 Å². The Balaban J connectivity index is 5.21. The number of phosphoric ester groups is 1. The maximum absolute atomic E-state index is 13.6. The van der Waals surface area contributed by atoms with Gasteiger partial charge in [0.05, 0.1) is 33.8 Å². The Morgan fingerprint density at radius 3 is 1.17 bits per heavy atom. The molecule has 0 aliphatic rings. The lowest BCUT2D eigenvalue weighted by molar-refractivity contribution is -0.870. The Bertz CT molecular complexity index is 1930. The quantitative estimate of drug-likeness (QED) is 0.0205. The molecule has 0 heterocycles. The number of esters is 1. The summed E-state index contributed by atoms with van der Waals surface area (Å²) >= 11 is 0. The maximum Gasteiger partial charge on any atom is 0.472 e. The highest BCUT2D eigenvalue weighted by atomic mass is 31.2. The smallest absolute Gasteiger partial charge is 0.456 e. The monoisotopic (exact) mass is 1170 g/mol. The molecular formula is C73H124N2O7P+. The van der Waals surface area contributed by atoms with Crippen molar-refractivity contribution in [2.24, 2.45) is 0 Å². The van der Waals surface area contributed by atoms with Gasteiger partial charge in [-0.1, -0.05) is 257 Å².